The largest absolute Gasteiger partial charge is 0.375 e. The molecule has 1 heteroatoms. The van der Waals surface area contributed by atoms with E-state index in [1.165, 1.54) is 16.8 Å². The zero-order valence-electron chi connectivity index (χ0n) is 11.2. The number of rotatable bonds is 4. The molecule has 1 aliphatic rings. The number of benzene rings is 1. The van der Waals surface area contributed by atoms with Crippen LogP contribution in [0.2, 0.25) is 0 Å². The Morgan fingerprint density at radius 3 is 2.44 bits per heavy atom. The smallest absolute Gasteiger partial charge is 0.0700 e. The van der Waals surface area contributed by atoms with Gasteiger partial charge in [0.1, 0.15) is 0 Å². The summed E-state index contributed by atoms with van der Waals surface area (Å²) in [5, 5.41) is 3.58. The van der Waals surface area contributed by atoms with Crippen LogP contribution in [0.25, 0.3) is 0 Å². The van der Waals surface area contributed by atoms with Crippen LogP contribution in [0.5, 0.6) is 0 Å². The summed E-state index contributed by atoms with van der Waals surface area (Å²) in [5.41, 5.74) is 4.13. The van der Waals surface area contributed by atoms with E-state index in [9.17, 15) is 0 Å². The van der Waals surface area contributed by atoms with Crippen molar-refractivity contribution in [3.05, 3.63) is 65.8 Å². The highest BCUT2D eigenvalue weighted by Gasteiger charge is 2.14. The van der Waals surface area contributed by atoms with Gasteiger partial charge in [-0.05, 0) is 30.5 Å². The molecule has 1 N–H and O–H groups in total. The van der Waals surface area contributed by atoms with Crippen LogP contribution in [0.4, 0.5) is 5.69 Å². The molecule has 0 amide bonds. The van der Waals surface area contributed by atoms with Crippen LogP contribution >= 0.6 is 0 Å². The molecule has 1 atom stereocenters. The number of nitrogens with one attached hydrogen (secondary N) is 1. The number of hydrogen-bond acceptors (Lipinski definition) is 1. The van der Waals surface area contributed by atoms with E-state index >= 15 is 0 Å². The van der Waals surface area contributed by atoms with Crippen LogP contribution in [-0.2, 0) is 0 Å². The zero-order valence-corrected chi connectivity index (χ0v) is 11.2. The van der Waals surface area contributed by atoms with Gasteiger partial charge in [-0.25, -0.2) is 0 Å². The second-order valence-electron chi connectivity index (χ2n) is 4.50. The Bertz CT molecular complexity index is 460. The molecule has 94 valence electrons. The van der Waals surface area contributed by atoms with Gasteiger partial charge in [-0.15, -0.1) is 0 Å². The predicted octanol–water partition coefficient (Wildman–Crippen LogP) is 4.71. The maximum atomic E-state index is 3.58. The standard InChI is InChI=1S/C17H21N/c1-3-14(4-2)16-12-8-9-13-17(16)18-15-10-6-5-7-11-15/h5-13,17-18H,3-4H2,1-2H3. The first-order chi connectivity index (χ1) is 8.85. The van der Waals surface area contributed by atoms with Crippen LogP contribution in [0.3, 0.4) is 0 Å². The summed E-state index contributed by atoms with van der Waals surface area (Å²) >= 11 is 0. The normalized spacial score (nSPS) is 17.9. The van der Waals surface area contributed by atoms with Gasteiger partial charge in [0, 0.05) is 5.69 Å². The SMILES string of the molecule is CCC(CC)=C1C=CC=CC1Nc1ccccc1. The van der Waals surface area contributed by atoms with Gasteiger partial charge in [0.15, 0.2) is 0 Å². The summed E-state index contributed by atoms with van der Waals surface area (Å²) < 4.78 is 0. The third-order valence-corrected chi connectivity index (χ3v) is 3.38. The molecule has 0 bridgehead atoms. The lowest BCUT2D eigenvalue weighted by atomic mass is 9.93. The van der Waals surface area contributed by atoms with Gasteiger partial charge in [0.05, 0.1) is 6.04 Å². The highest BCUT2D eigenvalue weighted by Crippen LogP contribution is 2.23. The maximum absolute atomic E-state index is 3.58. The van der Waals surface area contributed by atoms with E-state index in [4.69, 9.17) is 0 Å². The fraction of sp³-hybridized carbons (Fsp3) is 0.294. The molecule has 1 aromatic carbocycles. The quantitative estimate of drug-likeness (QED) is 0.802. The lowest BCUT2D eigenvalue weighted by Crippen LogP contribution is -2.21. The minimum Gasteiger partial charge on any atom is -0.375 e. The first-order valence-electron chi connectivity index (χ1n) is 6.73. The summed E-state index contributed by atoms with van der Waals surface area (Å²) in [6.45, 7) is 4.47. The Morgan fingerprint density at radius 2 is 1.78 bits per heavy atom. The molecule has 1 nitrogen and oxygen atoms in total. The van der Waals surface area contributed by atoms with E-state index in [-0.39, 0.29) is 0 Å². The lowest BCUT2D eigenvalue weighted by Gasteiger charge is -2.23. The predicted molar refractivity (Wildman–Crippen MR) is 79.7 cm³/mol. The number of allylic oxidation sites excluding steroid dienone is 3. The summed E-state index contributed by atoms with van der Waals surface area (Å²) in [6, 6.07) is 10.7. The molecule has 0 aliphatic heterocycles. The van der Waals surface area contributed by atoms with Crippen molar-refractivity contribution in [1.29, 1.82) is 0 Å². The van der Waals surface area contributed by atoms with E-state index < -0.39 is 0 Å². The molecule has 0 fully saturated rings. The minimum absolute atomic E-state index is 0.298. The van der Waals surface area contributed by atoms with Gasteiger partial charge in [-0.1, -0.05) is 61.9 Å². The maximum Gasteiger partial charge on any atom is 0.0700 e. The Hall–Kier alpha value is -1.76. The van der Waals surface area contributed by atoms with Crippen LogP contribution in [0.1, 0.15) is 26.7 Å². The Balaban J connectivity index is 2.23. The van der Waals surface area contributed by atoms with Crippen molar-refractivity contribution in [2.45, 2.75) is 32.7 Å². The molecule has 18 heavy (non-hydrogen) atoms. The van der Waals surface area contributed by atoms with E-state index in [0.717, 1.165) is 12.8 Å². The van der Waals surface area contributed by atoms with Gasteiger partial charge in [-0.2, -0.15) is 0 Å². The van der Waals surface area contributed by atoms with Gasteiger partial charge in [-0.3, -0.25) is 0 Å². The number of para-hydroxylation sites is 1. The third-order valence-electron chi connectivity index (χ3n) is 3.38. The number of hydrogen-bond donors (Lipinski definition) is 1. The van der Waals surface area contributed by atoms with Crippen molar-refractivity contribution in [3.8, 4) is 0 Å². The second-order valence-corrected chi connectivity index (χ2v) is 4.50. The molecule has 0 saturated heterocycles. The first kappa shape index (κ1) is 12.7. The Labute approximate surface area is 110 Å². The molecular weight excluding hydrogens is 218 g/mol. The highest BCUT2D eigenvalue weighted by molar-refractivity contribution is 5.51. The van der Waals surface area contributed by atoms with Crippen LogP contribution < -0.4 is 5.32 Å². The van der Waals surface area contributed by atoms with Crippen molar-refractivity contribution in [2.75, 3.05) is 5.32 Å². The average molecular weight is 239 g/mol. The molecule has 0 radical (unpaired) electrons. The zero-order chi connectivity index (χ0) is 12.8. The molecule has 1 unspecified atom stereocenters. The molecule has 0 saturated carbocycles. The van der Waals surface area contributed by atoms with Crippen molar-refractivity contribution in [3.63, 3.8) is 0 Å². The topological polar surface area (TPSA) is 12.0 Å². The fourth-order valence-electron chi connectivity index (χ4n) is 2.38. The van der Waals surface area contributed by atoms with E-state index in [0.29, 0.717) is 6.04 Å². The third kappa shape index (κ3) is 2.92. The fourth-order valence-corrected chi connectivity index (χ4v) is 2.38. The summed E-state index contributed by atoms with van der Waals surface area (Å²) in [4.78, 5) is 0. The van der Waals surface area contributed by atoms with Gasteiger partial charge >= 0.3 is 0 Å². The molecule has 2 rings (SSSR count). The van der Waals surface area contributed by atoms with E-state index in [1.54, 1.807) is 0 Å². The molecule has 1 aromatic rings. The van der Waals surface area contributed by atoms with Crippen LogP contribution in [-0.4, -0.2) is 6.04 Å². The summed E-state index contributed by atoms with van der Waals surface area (Å²) in [7, 11) is 0. The monoisotopic (exact) mass is 239 g/mol. The van der Waals surface area contributed by atoms with Crippen LogP contribution in [0.15, 0.2) is 65.8 Å². The molecule has 0 aromatic heterocycles. The van der Waals surface area contributed by atoms with Gasteiger partial charge in [0.25, 0.3) is 0 Å². The van der Waals surface area contributed by atoms with Crippen LogP contribution in [0, 0.1) is 0 Å². The lowest BCUT2D eigenvalue weighted by molar-refractivity contribution is 0.908. The van der Waals surface area contributed by atoms with E-state index in [1.807, 2.05) is 6.07 Å². The minimum atomic E-state index is 0.298. The molecular formula is C17H21N. The number of anilines is 1. The average Bonchev–Trinajstić information content (AvgIpc) is 2.43. The first-order valence-corrected chi connectivity index (χ1v) is 6.73. The summed E-state index contributed by atoms with van der Waals surface area (Å²) in [6.07, 6.45) is 11.0. The van der Waals surface area contributed by atoms with Crippen molar-refractivity contribution in [2.24, 2.45) is 0 Å². The Kier molecular flexibility index (Phi) is 4.40. The Morgan fingerprint density at radius 1 is 1.06 bits per heavy atom. The second kappa shape index (κ2) is 6.25. The molecule has 1 aliphatic carbocycles. The highest BCUT2D eigenvalue weighted by atomic mass is 14.9. The summed E-state index contributed by atoms with van der Waals surface area (Å²) in [5.74, 6) is 0. The van der Waals surface area contributed by atoms with E-state index in [2.05, 4.69) is 67.7 Å². The van der Waals surface area contributed by atoms with Crippen molar-refractivity contribution < 1.29 is 0 Å². The molecule has 0 heterocycles. The van der Waals surface area contributed by atoms with Crippen molar-refractivity contribution >= 4 is 5.69 Å². The van der Waals surface area contributed by atoms with Gasteiger partial charge in [0.2, 0.25) is 0 Å². The van der Waals surface area contributed by atoms with Gasteiger partial charge < -0.3 is 5.32 Å². The van der Waals surface area contributed by atoms with Crippen molar-refractivity contribution in [1.82, 2.24) is 0 Å². The molecule has 0 spiro atoms.